The van der Waals surface area contributed by atoms with Crippen molar-refractivity contribution in [1.29, 1.82) is 0 Å². The largest absolute Gasteiger partial charge is 0.459 e. The molecule has 0 radical (unpaired) electrons. The predicted molar refractivity (Wildman–Crippen MR) is 99.1 cm³/mol. The summed E-state index contributed by atoms with van der Waals surface area (Å²) in [6, 6.07) is 19.7. The molecule has 2 aromatic carbocycles. The van der Waals surface area contributed by atoms with E-state index in [1.807, 2.05) is 60.7 Å². The number of para-hydroxylation sites is 1. The maximum Gasteiger partial charge on any atom is 0.221 e. The third kappa shape index (κ3) is 3.50. The first-order valence-corrected chi connectivity index (χ1v) is 8.79. The second-order valence-electron chi connectivity index (χ2n) is 6.57. The lowest BCUT2D eigenvalue weighted by Gasteiger charge is -2.18. The summed E-state index contributed by atoms with van der Waals surface area (Å²) in [6.45, 7) is 0. The Morgan fingerprint density at radius 2 is 1.92 bits per heavy atom. The molecule has 0 spiro atoms. The van der Waals surface area contributed by atoms with Gasteiger partial charge in [-0.3, -0.25) is 4.79 Å². The minimum atomic E-state index is -0.272. The van der Waals surface area contributed by atoms with E-state index in [1.165, 1.54) is 0 Å². The summed E-state index contributed by atoms with van der Waals surface area (Å²) in [5.41, 5.74) is 1.86. The van der Waals surface area contributed by atoms with Gasteiger partial charge in [-0.2, -0.15) is 0 Å². The van der Waals surface area contributed by atoms with E-state index in [0.717, 1.165) is 35.1 Å². The van der Waals surface area contributed by atoms with Gasteiger partial charge in [0.25, 0.3) is 0 Å². The lowest BCUT2D eigenvalue weighted by atomic mass is 10.0. The third-order valence-electron chi connectivity index (χ3n) is 4.73. The van der Waals surface area contributed by atoms with E-state index in [4.69, 9.17) is 4.42 Å². The van der Waals surface area contributed by atoms with E-state index >= 15 is 0 Å². The van der Waals surface area contributed by atoms with E-state index in [9.17, 15) is 4.79 Å². The quantitative estimate of drug-likeness (QED) is 0.669. The molecule has 1 aliphatic rings. The van der Waals surface area contributed by atoms with E-state index < -0.39 is 0 Å². The Morgan fingerprint density at radius 1 is 1.12 bits per heavy atom. The zero-order valence-electron chi connectivity index (χ0n) is 14.0. The minimum absolute atomic E-state index is 0.0610. The fourth-order valence-electron chi connectivity index (χ4n) is 3.43. The highest BCUT2D eigenvalue weighted by molar-refractivity contribution is 5.80. The molecule has 2 atom stereocenters. The van der Waals surface area contributed by atoms with Gasteiger partial charge < -0.3 is 9.73 Å². The lowest BCUT2D eigenvalue weighted by molar-refractivity contribution is -0.122. The summed E-state index contributed by atoms with van der Waals surface area (Å²) in [4.78, 5) is 12.6. The van der Waals surface area contributed by atoms with Gasteiger partial charge in [0.2, 0.25) is 5.91 Å². The first kappa shape index (κ1) is 15.7. The average molecular weight is 331 g/mol. The Labute approximate surface area is 147 Å². The minimum Gasteiger partial charge on any atom is -0.459 e. The van der Waals surface area contributed by atoms with Gasteiger partial charge in [0.15, 0.2) is 0 Å². The fraction of sp³-hybridized carbons (Fsp3) is 0.227. The fourth-order valence-corrected chi connectivity index (χ4v) is 3.43. The maximum atomic E-state index is 12.6. The van der Waals surface area contributed by atoms with Gasteiger partial charge in [0.1, 0.15) is 17.4 Å². The Hall–Kier alpha value is -2.81. The van der Waals surface area contributed by atoms with E-state index in [0.29, 0.717) is 12.3 Å². The molecule has 0 aliphatic heterocycles. The van der Waals surface area contributed by atoms with Crippen molar-refractivity contribution in [2.24, 2.45) is 5.92 Å². The summed E-state index contributed by atoms with van der Waals surface area (Å²) in [7, 11) is 0. The van der Waals surface area contributed by atoms with Crippen LogP contribution in [0.5, 0.6) is 0 Å². The standard InChI is InChI=1S/C22H21NO2/c24-21(14-16-8-4-5-9-16)23-22(17-10-2-1-3-11-17)20-15-18-12-6-7-13-19(18)25-20/h1-4,6-8,10-13,15-16,22H,5,9,14H2,(H,23,24)/t16-,22-/m1/s1. The van der Waals surface area contributed by atoms with Crippen LogP contribution in [0.15, 0.2) is 77.2 Å². The molecule has 0 unspecified atom stereocenters. The van der Waals surface area contributed by atoms with Crippen molar-refractivity contribution in [3.05, 3.63) is 84.1 Å². The monoisotopic (exact) mass is 331 g/mol. The number of allylic oxidation sites excluding steroid dienone is 2. The molecule has 1 amide bonds. The van der Waals surface area contributed by atoms with E-state index in [1.54, 1.807) is 0 Å². The van der Waals surface area contributed by atoms with Crippen LogP contribution >= 0.6 is 0 Å². The highest BCUT2D eigenvalue weighted by atomic mass is 16.3. The summed E-state index contributed by atoms with van der Waals surface area (Å²) in [5.74, 6) is 1.18. The molecular weight excluding hydrogens is 310 g/mol. The molecule has 1 N–H and O–H groups in total. The van der Waals surface area contributed by atoms with Gasteiger partial charge >= 0.3 is 0 Å². The number of amides is 1. The van der Waals surface area contributed by atoms with Crippen LogP contribution in [0.3, 0.4) is 0 Å². The molecule has 0 fully saturated rings. The normalized spacial score (nSPS) is 17.7. The maximum absolute atomic E-state index is 12.6. The second kappa shape index (κ2) is 6.98. The molecule has 25 heavy (non-hydrogen) atoms. The van der Waals surface area contributed by atoms with Crippen molar-refractivity contribution in [3.63, 3.8) is 0 Å². The van der Waals surface area contributed by atoms with Gasteiger partial charge in [0.05, 0.1) is 0 Å². The van der Waals surface area contributed by atoms with Crippen molar-refractivity contribution >= 4 is 16.9 Å². The van der Waals surface area contributed by atoms with Gasteiger partial charge in [-0.25, -0.2) is 0 Å². The van der Waals surface area contributed by atoms with Gasteiger partial charge in [0, 0.05) is 11.8 Å². The van der Waals surface area contributed by atoms with Gasteiger partial charge in [-0.15, -0.1) is 0 Å². The zero-order valence-corrected chi connectivity index (χ0v) is 14.0. The van der Waals surface area contributed by atoms with Crippen molar-refractivity contribution in [1.82, 2.24) is 5.32 Å². The Morgan fingerprint density at radius 3 is 2.68 bits per heavy atom. The van der Waals surface area contributed by atoms with E-state index in [-0.39, 0.29) is 11.9 Å². The summed E-state index contributed by atoms with van der Waals surface area (Å²) < 4.78 is 6.03. The topological polar surface area (TPSA) is 42.2 Å². The number of benzene rings is 2. The smallest absolute Gasteiger partial charge is 0.221 e. The first-order chi connectivity index (χ1) is 12.3. The third-order valence-corrected chi connectivity index (χ3v) is 4.73. The number of furan rings is 1. The van der Waals surface area contributed by atoms with Crippen LogP contribution < -0.4 is 5.32 Å². The van der Waals surface area contributed by atoms with Crippen LogP contribution in [0.4, 0.5) is 0 Å². The van der Waals surface area contributed by atoms with Crippen molar-refractivity contribution in [2.45, 2.75) is 25.3 Å². The lowest BCUT2D eigenvalue weighted by Crippen LogP contribution is -2.30. The van der Waals surface area contributed by atoms with Crippen LogP contribution in [-0.2, 0) is 4.79 Å². The summed E-state index contributed by atoms with van der Waals surface area (Å²) >= 11 is 0. The highest BCUT2D eigenvalue weighted by Crippen LogP contribution is 2.29. The van der Waals surface area contributed by atoms with Crippen molar-refractivity contribution in [2.75, 3.05) is 0 Å². The number of rotatable bonds is 5. The van der Waals surface area contributed by atoms with Gasteiger partial charge in [-0.1, -0.05) is 60.7 Å². The Balaban J connectivity index is 1.62. The van der Waals surface area contributed by atoms with Crippen molar-refractivity contribution < 1.29 is 9.21 Å². The molecule has 1 aromatic heterocycles. The molecular formula is C22H21NO2. The summed E-state index contributed by atoms with van der Waals surface area (Å²) in [6.07, 6.45) is 6.97. The molecule has 3 heteroatoms. The molecule has 3 aromatic rings. The van der Waals surface area contributed by atoms with Crippen LogP contribution in [-0.4, -0.2) is 5.91 Å². The van der Waals surface area contributed by atoms with Crippen LogP contribution in [0, 0.1) is 5.92 Å². The zero-order chi connectivity index (χ0) is 17.1. The van der Waals surface area contributed by atoms with Crippen LogP contribution in [0.25, 0.3) is 11.0 Å². The molecule has 126 valence electrons. The number of hydrogen-bond donors (Lipinski definition) is 1. The SMILES string of the molecule is O=C(C[C@@H]1C=CCC1)N[C@H](c1ccccc1)c1cc2ccccc2o1. The molecule has 1 aliphatic carbocycles. The highest BCUT2D eigenvalue weighted by Gasteiger charge is 2.22. The molecule has 0 bridgehead atoms. The average Bonchev–Trinajstić information content (AvgIpc) is 3.29. The number of hydrogen-bond acceptors (Lipinski definition) is 2. The molecule has 3 nitrogen and oxygen atoms in total. The number of fused-ring (bicyclic) bond motifs is 1. The molecule has 4 rings (SSSR count). The Bertz CT molecular complexity index is 862. The molecule has 0 saturated carbocycles. The van der Waals surface area contributed by atoms with Crippen LogP contribution in [0.1, 0.15) is 36.6 Å². The number of carbonyl (C=O) groups excluding carboxylic acids is 1. The Kier molecular flexibility index (Phi) is 4.38. The number of nitrogens with one attached hydrogen (secondary N) is 1. The first-order valence-electron chi connectivity index (χ1n) is 8.79. The summed E-state index contributed by atoms with van der Waals surface area (Å²) in [5, 5.41) is 4.22. The second-order valence-corrected chi connectivity index (χ2v) is 6.57. The predicted octanol–water partition coefficient (Wildman–Crippen LogP) is 4.99. The van der Waals surface area contributed by atoms with Crippen molar-refractivity contribution in [3.8, 4) is 0 Å². The molecule has 0 saturated heterocycles. The molecule has 1 heterocycles. The number of carbonyl (C=O) groups is 1. The van der Waals surface area contributed by atoms with Crippen LogP contribution in [0.2, 0.25) is 0 Å². The van der Waals surface area contributed by atoms with E-state index in [2.05, 4.69) is 17.5 Å². The van der Waals surface area contributed by atoms with Gasteiger partial charge in [-0.05, 0) is 36.5 Å².